The molecule has 1 aromatic carbocycles. The van der Waals surface area contributed by atoms with E-state index in [-0.39, 0.29) is 18.2 Å². The lowest BCUT2D eigenvalue weighted by Crippen LogP contribution is -2.00. The highest BCUT2D eigenvalue weighted by molar-refractivity contribution is 5.58. The number of aromatic nitrogens is 2. The molecule has 0 radical (unpaired) electrons. The van der Waals surface area contributed by atoms with Crippen LogP contribution < -0.4 is 10.5 Å². The van der Waals surface area contributed by atoms with Crippen LogP contribution in [0.1, 0.15) is 5.69 Å². The van der Waals surface area contributed by atoms with Crippen molar-refractivity contribution in [3.63, 3.8) is 0 Å². The lowest BCUT2D eigenvalue weighted by atomic mass is 10.3. The minimum Gasteiger partial charge on any atom is -0.437 e. The molecular weight excluding hydrogens is 230 g/mol. The summed E-state index contributed by atoms with van der Waals surface area (Å²) in [6, 6.07) is 9.16. The summed E-state index contributed by atoms with van der Waals surface area (Å²) < 4.78 is 5.52. The van der Waals surface area contributed by atoms with E-state index >= 15 is 0 Å². The molecule has 0 bridgehead atoms. The molecule has 0 aliphatic carbocycles. The molecule has 5 nitrogen and oxygen atoms in total. The second-order valence-electron chi connectivity index (χ2n) is 3.32. The molecular formula is C13H11N3O2. The molecule has 0 spiro atoms. The van der Waals surface area contributed by atoms with E-state index in [1.165, 1.54) is 6.33 Å². The number of aliphatic hydroxyl groups is 1. The first-order chi connectivity index (χ1) is 8.81. The smallest absolute Gasteiger partial charge is 0.247 e. The first-order valence-corrected chi connectivity index (χ1v) is 5.24. The molecule has 0 fully saturated rings. The zero-order valence-corrected chi connectivity index (χ0v) is 9.50. The van der Waals surface area contributed by atoms with Crippen molar-refractivity contribution in [2.24, 2.45) is 0 Å². The SMILES string of the molecule is Nc1c(C#CCO)ncnc1Oc1ccccc1. The zero-order valence-electron chi connectivity index (χ0n) is 9.50. The fraction of sp³-hybridized carbons (Fsp3) is 0.0769. The van der Waals surface area contributed by atoms with Crippen LogP contribution in [0.3, 0.4) is 0 Å². The molecule has 0 amide bonds. The highest BCUT2D eigenvalue weighted by Gasteiger charge is 2.08. The first-order valence-electron chi connectivity index (χ1n) is 5.24. The van der Waals surface area contributed by atoms with Gasteiger partial charge in [0, 0.05) is 0 Å². The van der Waals surface area contributed by atoms with Gasteiger partial charge in [-0.1, -0.05) is 24.1 Å². The lowest BCUT2D eigenvalue weighted by molar-refractivity contribution is 0.350. The number of aliphatic hydroxyl groups excluding tert-OH is 1. The number of rotatable bonds is 2. The van der Waals surface area contributed by atoms with Gasteiger partial charge < -0.3 is 15.6 Å². The molecule has 0 saturated carbocycles. The number of hydrogen-bond donors (Lipinski definition) is 2. The third kappa shape index (κ3) is 2.75. The maximum atomic E-state index is 8.63. The zero-order chi connectivity index (χ0) is 12.8. The Morgan fingerprint density at radius 1 is 1.22 bits per heavy atom. The van der Waals surface area contributed by atoms with Crippen LogP contribution in [0, 0.1) is 11.8 Å². The van der Waals surface area contributed by atoms with E-state index in [0.29, 0.717) is 11.4 Å². The molecule has 0 atom stereocenters. The van der Waals surface area contributed by atoms with Gasteiger partial charge in [-0.15, -0.1) is 0 Å². The second-order valence-corrected chi connectivity index (χ2v) is 3.32. The number of para-hydroxylation sites is 1. The number of benzene rings is 1. The van der Waals surface area contributed by atoms with Crippen molar-refractivity contribution in [3.05, 3.63) is 42.4 Å². The summed E-state index contributed by atoms with van der Waals surface area (Å²) in [6.45, 7) is -0.252. The van der Waals surface area contributed by atoms with Crippen LogP contribution >= 0.6 is 0 Å². The summed E-state index contributed by atoms with van der Waals surface area (Å²) in [5.74, 6) is 5.99. The number of nitrogens with zero attached hydrogens (tertiary/aromatic N) is 2. The maximum Gasteiger partial charge on any atom is 0.247 e. The highest BCUT2D eigenvalue weighted by Crippen LogP contribution is 2.25. The van der Waals surface area contributed by atoms with Crippen LogP contribution in [0.5, 0.6) is 11.6 Å². The predicted octanol–water partition coefficient (Wildman–Crippen LogP) is 1.19. The number of hydrogen-bond acceptors (Lipinski definition) is 5. The molecule has 1 aromatic heterocycles. The van der Waals surface area contributed by atoms with Gasteiger partial charge in [-0.3, -0.25) is 0 Å². The van der Waals surface area contributed by atoms with Crippen LogP contribution in [0.4, 0.5) is 5.69 Å². The van der Waals surface area contributed by atoms with Gasteiger partial charge in [0.1, 0.15) is 30.1 Å². The Balaban J connectivity index is 2.29. The van der Waals surface area contributed by atoms with Gasteiger partial charge in [0.25, 0.3) is 0 Å². The van der Waals surface area contributed by atoms with E-state index in [1.54, 1.807) is 12.1 Å². The Kier molecular flexibility index (Phi) is 3.74. The summed E-state index contributed by atoms with van der Waals surface area (Å²) in [5.41, 5.74) is 6.43. The maximum absolute atomic E-state index is 8.63. The molecule has 0 saturated heterocycles. The Morgan fingerprint density at radius 3 is 2.72 bits per heavy atom. The fourth-order valence-corrected chi connectivity index (χ4v) is 1.28. The fourth-order valence-electron chi connectivity index (χ4n) is 1.28. The number of nitrogens with two attached hydrogens (primary N) is 1. The van der Waals surface area contributed by atoms with Crippen molar-refractivity contribution in [2.45, 2.75) is 0 Å². The van der Waals surface area contributed by atoms with Crippen molar-refractivity contribution in [1.29, 1.82) is 0 Å². The monoisotopic (exact) mass is 241 g/mol. The van der Waals surface area contributed by atoms with Crippen molar-refractivity contribution in [2.75, 3.05) is 12.3 Å². The minimum atomic E-state index is -0.252. The van der Waals surface area contributed by atoms with Crippen molar-refractivity contribution in [3.8, 4) is 23.5 Å². The summed E-state index contributed by atoms with van der Waals surface area (Å²) in [7, 11) is 0. The molecule has 0 aliphatic heterocycles. The Labute approximate surface area is 104 Å². The van der Waals surface area contributed by atoms with Gasteiger partial charge in [-0.2, -0.15) is 4.98 Å². The molecule has 5 heteroatoms. The normalized spacial score (nSPS) is 9.39. The molecule has 3 N–H and O–H groups in total. The van der Waals surface area contributed by atoms with Gasteiger partial charge in [-0.25, -0.2) is 4.98 Å². The second kappa shape index (κ2) is 5.66. The summed E-state index contributed by atoms with van der Waals surface area (Å²) >= 11 is 0. The van der Waals surface area contributed by atoms with Gasteiger partial charge in [0.2, 0.25) is 5.88 Å². The summed E-state index contributed by atoms with van der Waals surface area (Å²) in [5, 5.41) is 8.63. The first kappa shape index (κ1) is 11.9. The molecule has 90 valence electrons. The van der Waals surface area contributed by atoms with Gasteiger partial charge in [0.15, 0.2) is 0 Å². The summed E-state index contributed by atoms with van der Waals surface area (Å²) in [4.78, 5) is 7.87. The third-order valence-corrected chi connectivity index (χ3v) is 2.09. The van der Waals surface area contributed by atoms with E-state index in [1.807, 2.05) is 18.2 Å². The van der Waals surface area contributed by atoms with E-state index in [9.17, 15) is 0 Å². The number of anilines is 1. The van der Waals surface area contributed by atoms with Crippen LogP contribution in [-0.4, -0.2) is 21.7 Å². The topological polar surface area (TPSA) is 81.3 Å². The van der Waals surface area contributed by atoms with Crippen molar-refractivity contribution in [1.82, 2.24) is 9.97 Å². The van der Waals surface area contributed by atoms with Gasteiger partial charge >= 0.3 is 0 Å². The number of nitrogen functional groups attached to an aromatic ring is 1. The van der Waals surface area contributed by atoms with Crippen molar-refractivity contribution >= 4 is 5.69 Å². The minimum absolute atomic E-state index is 0.249. The molecule has 2 aromatic rings. The molecule has 2 rings (SSSR count). The van der Waals surface area contributed by atoms with Gasteiger partial charge in [0.05, 0.1) is 0 Å². The summed E-state index contributed by atoms with van der Waals surface area (Å²) in [6.07, 6.45) is 1.32. The molecule has 0 aliphatic rings. The Morgan fingerprint density at radius 2 is 2.00 bits per heavy atom. The van der Waals surface area contributed by atoms with Crippen molar-refractivity contribution < 1.29 is 9.84 Å². The van der Waals surface area contributed by atoms with E-state index in [4.69, 9.17) is 15.6 Å². The highest BCUT2D eigenvalue weighted by atomic mass is 16.5. The largest absolute Gasteiger partial charge is 0.437 e. The number of ether oxygens (including phenoxy) is 1. The molecule has 18 heavy (non-hydrogen) atoms. The Bertz CT molecular complexity index is 588. The standard InChI is InChI=1S/C13H11N3O2/c14-12-11(7-4-8-17)15-9-16-13(12)18-10-5-2-1-3-6-10/h1-3,5-6,9,17H,8,14H2. The molecule has 1 heterocycles. The predicted molar refractivity (Wildman–Crippen MR) is 66.9 cm³/mol. The average molecular weight is 241 g/mol. The Hall–Kier alpha value is -2.58. The van der Waals surface area contributed by atoms with Crippen LogP contribution in [0.25, 0.3) is 0 Å². The lowest BCUT2D eigenvalue weighted by Gasteiger charge is -2.07. The van der Waals surface area contributed by atoms with E-state index in [2.05, 4.69) is 21.8 Å². The van der Waals surface area contributed by atoms with Crippen LogP contribution in [0.15, 0.2) is 36.7 Å². The van der Waals surface area contributed by atoms with Crippen LogP contribution in [-0.2, 0) is 0 Å². The van der Waals surface area contributed by atoms with Gasteiger partial charge in [-0.05, 0) is 18.1 Å². The van der Waals surface area contributed by atoms with E-state index in [0.717, 1.165) is 0 Å². The average Bonchev–Trinajstić information content (AvgIpc) is 2.41. The van der Waals surface area contributed by atoms with Crippen LogP contribution in [0.2, 0.25) is 0 Å². The quantitative estimate of drug-likeness (QED) is 0.772. The third-order valence-electron chi connectivity index (χ3n) is 2.09. The van der Waals surface area contributed by atoms with E-state index < -0.39 is 0 Å². The molecule has 0 unspecified atom stereocenters.